The summed E-state index contributed by atoms with van der Waals surface area (Å²) >= 11 is 0. The van der Waals surface area contributed by atoms with Gasteiger partial charge in [-0.15, -0.1) is 0 Å². The molecule has 10 heteroatoms. The largest absolute Gasteiger partial charge is 0.507 e. The summed E-state index contributed by atoms with van der Waals surface area (Å²) in [4.78, 5) is 37.7. The van der Waals surface area contributed by atoms with Crippen molar-refractivity contribution in [3.8, 4) is 5.75 Å². The first kappa shape index (κ1) is 22.5. The first-order valence-electron chi connectivity index (χ1n) is 10.1. The van der Waals surface area contributed by atoms with Crippen LogP contribution >= 0.6 is 0 Å². The number of aliphatic hydroxyl groups excluding tert-OH is 1. The van der Waals surface area contributed by atoms with E-state index in [-0.39, 0.29) is 22.6 Å². The minimum atomic E-state index is -1.08. The molecule has 1 amide bonds. The highest BCUT2D eigenvalue weighted by Crippen LogP contribution is 2.42. The molecule has 1 aromatic heterocycles. The number of nitrogens with zero attached hydrogens (tertiary/aromatic N) is 3. The van der Waals surface area contributed by atoms with Crippen LogP contribution in [-0.4, -0.2) is 33.5 Å². The molecular weight excluding hydrogens is 442 g/mol. The number of aromatic nitrogens is 1. The Balaban J connectivity index is 1.84. The second-order valence-corrected chi connectivity index (χ2v) is 7.44. The van der Waals surface area contributed by atoms with Crippen LogP contribution in [0.1, 0.15) is 22.9 Å². The number of hydrogen-bond donors (Lipinski definition) is 1. The van der Waals surface area contributed by atoms with E-state index < -0.39 is 28.4 Å². The predicted octanol–water partition coefficient (Wildman–Crippen LogP) is 4.08. The van der Waals surface area contributed by atoms with Gasteiger partial charge in [-0.3, -0.25) is 24.6 Å². The molecule has 10 nitrogen and oxygen atoms in total. The standard InChI is InChI=1S/C24H19N3O7/c1-3-12-33-18-10-6-16(7-11-18)22(28)20-21(15-4-8-17(9-5-15)27(31)32)26(24(30)23(20)29)19-13-14(2)34-25-19/h3-11,13,21,28H,1,12H2,2H3/b22-20-. The summed E-state index contributed by atoms with van der Waals surface area (Å²) in [5.41, 5.74) is 0.317. The number of ketones is 1. The number of benzene rings is 2. The second-order valence-electron chi connectivity index (χ2n) is 7.44. The van der Waals surface area contributed by atoms with Crippen LogP contribution in [0.15, 0.2) is 77.3 Å². The van der Waals surface area contributed by atoms with Crippen molar-refractivity contribution in [1.29, 1.82) is 0 Å². The van der Waals surface area contributed by atoms with Gasteiger partial charge in [0.2, 0.25) is 0 Å². The van der Waals surface area contributed by atoms with Gasteiger partial charge in [0.25, 0.3) is 11.5 Å². The van der Waals surface area contributed by atoms with E-state index in [0.717, 1.165) is 4.90 Å². The number of aryl methyl sites for hydroxylation is 1. The first-order chi connectivity index (χ1) is 16.3. The van der Waals surface area contributed by atoms with Gasteiger partial charge in [0, 0.05) is 23.8 Å². The maximum atomic E-state index is 13.1. The number of hydrogen-bond acceptors (Lipinski definition) is 8. The molecule has 172 valence electrons. The fourth-order valence-corrected chi connectivity index (χ4v) is 3.65. The Labute approximate surface area is 193 Å². The molecule has 1 fully saturated rings. The van der Waals surface area contributed by atoms with Gasteiger partial charge in [-0.05, 0) is 48.9 Å². The topological polar surface area (TPSA) is 136 Å². The van der Waals surface area contributed by atoms with E-state index in [1.165, 1.54) is 30.3 Å². The summed E-state index contributed by atoms with van der Waals surface area (Å²) in [5, 5.41) is 26.0. The van der Waals surface area contributed by atoms with Crippen LogP contribution in [0.5, 0.6) is 5.75 Å². The summed E-state index contributed by atoms with van der Waals surface area (Å²) in [7, 11) is 0. The Hall–Kier alpha value is -4.73. The van der Waals surface area contributed by atoms with E-state index in [1.54, 1.807) is 37.3 Å². The van der Waals surface area contributed by atoms with Crippen molar-refractivity contribution in [1.82, 2.24) is 5.16 Å². The lowest BCUT2D eigenvalue weighted by Crippen LogP contribution is -2.29. The van der Waals surface area contributed by atoms with Crippen molar-refractivity contribution in [2.75, 3.05) is 11.5 Å². The molecule has 1 atom stereocenters. The third-order valence-electron chi connectivity index (χ3n) is 5.22. The number of aliphatic hydroxyl groups is 1. The van der Waals surface area contributed by atoms with Gasteiger partial charge in [-0.25, -0.2) is 0 Å². The van der Waals surface area contributed by atoms with E-state index in [4.69, 9.17) is 9.26 Å². The minimum absolute atomic E-state index is 0.0789. The fraction of sp³-hybridized carbons (Fsp3) is 0.125. The zero-order valence-electron chi connectivity index (χ0n) is 18.0. The molecule has 0 bridgehead atoms. The Morgan fingerprint density at radius 2 is 1.91 bits per heavy atom. The molecule has 3 aromatic rings. The van der Waals surface area contributed by atoms with Crippen LogP contribution < -0.4 is 9.64 Å². The molecule has 0 spiro atoms. The molecule has 34 heavy (non-hydrogen) atoms. The van der Waals surface area contributed by atoms with Crippen LogP contribution in [0.3, 0.4) is 0 Å². The Bertz CT molecular complexity index is 1310. The smallest absolute Gasteiger partial charge is 0.301 e. The normalized spacial score (nSPS) is 17.1. The van der Waals surface area contributed by atoms with Gasteiger partial charge < -0.3 is 14.4 Å². The Kier molecular flexibility index (Phi) is 5.96. The molecular formula is C24H19N3O7. The lowest BCUT2D eigenvalue weighted by atomic mass is 9.95. The number of non-ortho nitro benzene ring substituents is 1. The number of carbonyl (C=O) groups excluding carboxylic acids is 2. The zero-order chi connectivity index (χ0) is 24.4. The predicted molar refractivity (Wildman–Crippen MR) is 121 cm³/mol. The molecule has 0 aliphatic carbocycles. The van der Waals surface area contributed by atoms with Crippen molar-refractivity contribution in [2.24, 2.45) is 0 Å². The second kappa shape index (κ2) is 9.02. The van der Waals surface area contributed by atoms with Gasteiger partial charge in [0.1, 0.15) is 23.9 Å². The molecule has 1 N–H and O–H groups in total. The minimum Gasteiger partial charge on any atom is -0.507 e. The fourth-order valence-electron chi connectivity index (χ4n) is 3.65. The van der Waals surface area contributed by atoms with Crippen LogP contribution in [-0.2, 0) is 9.59 Å². The van der Waals surface area contributed by atoms with Gasteiger partial charge in [0.15, 0.2) is 5.82 Å². The highest BCUT2D eigenvalue weighted by molar-refractivity contribution is 6.51. The number of anilines is 1. The Morgan fingerprint density at radius 3 is 2.47 bits per heavy atom. The SMILES string of the molecule is C=CCOc1ccc(/C(O)=C2/C(=O)C(=O)N(c3cc(C)on3)C2c2ccc([N+](=O)[O-])cc2)cc1. The van der Waals surface area contributed by atoms with Gasteiger partial charge in [-0.2, -0.15) is 0 Å². The number of nitro benzene ring substituents is 1. The molecule has 4 rings (SSSR count). The van der Waals surface area contributed by atoms with Crippen molar-refractivity contribution in [2.45, 2.75) is 13.0 Å². The molecule has 1 aliphatic rings. The van der Waals surface area contributed by atoms with Gasteiger partial charge in [-0.1, -0.05) is 17.8 Å². The first-order valence-corrected chi connectivity index (χ1v) is 10.1. The lowest BCUT2D eigenvalue weighted by Gasteiger charge is -2.22. The molecule has 1 aliphatic heterocycles. The van der Waals surface area contributed by atoms with Gasteiger partial charge >= 0.3 is 5.91 Å². The summed E-state index contributed by atoms with van der Waals surface area (Å²) in [6.07, 6.45) is 1.59. The lowest BCUT2D eigenvalue weighted by molar-refractivity contribution is -0.384. The maximum absolute atomic E-state index is 13.1. The van der Waals surface area contributed by atoms with Crippen molar-refractivity contribution in [3.05, 3.63) is 99.8 Å². The van der Waals surface area contributed by atoms with Crippen molar-refractivity contribution < 1.29 is 28.9 Å². The van der Waals surface area contributed by atoms with Crippen LogP contribution in [0, 0.1) is 17.0 Å². The average molecular weight is 461 g/mol. The highest BCUT2D eigenvalue weighted by atomic mass is 16.6. The van der Waals surface area contributed by atoms with E-state index >= 15 is 0 Å². The quantitative estimate of drug-likeness (QED) is 0.139. The summed E-state index contributed by atoms with van der Waals surface area (Å²) in [6, 6.07) is 12.1. The number of carbonyl (C=O) groups is 2. The van der Waals surface area contributed by atoms with Crippen LogP contribution in [0.2, 0.25) is 0 Å². The molecule has 0 saturated carbocycles. The van der Waals surface area contributed by atoms with E-state index in [0.29, 0.717) is 23.7 Å². The summed E-state index contributed by atoms with van der Waals surface area (Å²) < 4.78 is 10.5. The van der Waals surface area contributed by atoms with E-state index in [9.17, 15) is 24.8 Å². The maximum Gasteiger partial charge on any atom is 0.301 e. The average Bonchev–Trinajstić information content (AvgIpc) is 3.38. The monoisotopic (exact) mass is 461 g/mol. The van der Waals surface area contributed by atoms with Gasteiger partial charge in [0.05, 0.1) is 16.5 Å². The number of amides is 1. The van der Waals surface area contributed by atoms with Crippen molar-refractivity contribution >= 4 is 29.0 Å². The van der Waals surface area contributed by atoms with Crippen LogP contribution in [0.25, 0.3) is 5.76 Å². The number of nitro groups is 1. The zero-order valence-corrected chi connectivity index (χ0v) is 18.0. The number of Topliss-reactive ketones (excluding diaryl/α,β-unsaturated/α-hetero) is 1. The molecule has 2 heterocycles. The summed E-state index contributed by atoms with van der Waals surface area (Å²) in [6.45, 7) is 5.51. The van der Waals surface area contributed by atoms with Crippen LogP contribution in [0.4, 0.5) is 11.5 Å². The molecule has 0 radical (unpaired) electrons. The molecule has 2 aromatic carbocycles. The van der Waals surface area contributed by atoms with E-state index in [1.807, 2.05) is 0 Å². The van der Waals surface area contributed by atoms with Crippen molar-refractivity contribution in [3.63, 3.8) is 0 Å². The highest BCUT2D eigenvalue weighted by Gasteiger charge is 2.48. The third-order valence-corrected chi connectivity index (χ3v) is 5.22. The summed E-state index contributed by atoms with van der Waals surface area (Å²) in [5.74, 6) is -1.22. The number of rotatable bonds is 7. The molecule has 1 saturated heterocycles. The number of ether oxygens (including phenoxy) is 1. The Morgan fingerprint density at radius 1 is 1.24 bits per heavy atom. The molecule has 1 unspecified atom stereocenters. The third kappa shape index (κ3) is 4.04. The van der Waals surface area contributed by atoms with E-state index in [2.05, 4.69) is 11.7 Å².